The Bertz CT molecular complexity index is 422. The molecule has 3 nitrogen and oxygen atoms in total. The van der Waals surface area contributed by atoms with Gasteiger partial charge in [0.15, 0.2) is 0 Å². The van der Waals surface area contributed by atoms with Gasteiger partial charge in [0, 0.05) is 10.7 Å². The first-order valence-corrected chi connectivity index (χ1v) is 7.27. The van der Waals surface area contributed by atoms with E-state index in [1.165, 1.54) is 6.42 Å². The van der Waals surface area contributed by atoms with Crippen LogP contribution in [0, 0.1) is 0 Å². The second-order valence-corrected chi connectivity index (χ2v) is 5.72. The Kier molecular flexibility index (Phi) is 4.70. The van der Waals surface area contributed by atoms with Crippen LogP contribution in [0.4, 0.5) is 5.69 Å². The number of hydrogen-bond donors (Lipinski definition) is 2. The third-order valence-corrected chi connectivity index (χ3v) is 4.10. The molecule has 19 heavy (non-hydrogen) atoms. The Morgan fingerprint density at radius 2 is 1.58 bits per heavy atom. The highest BCUT2D eigenvalue weighted by Gasteiger charge is 2.37. The summed E-state index contributed by atoms with van der Waals surface area (Å²) in [4.78, 5) is 11.7. The lowest BCUT2D eigenvalue weighted by molar-refractivity contribution is -0.143. The molecule has 0 aromatic heterocycles. The average Bonchev–Trinajstić information content (AvgIpc) is 2.35. The number of rotatable bonds is 3. The van der Waals surface area contributed by atoms with E-state index in [-0.39, 0.29) is 0 Å². The summed E-state index contributed by atoms with van der Waals surface area (Å²) in [6, 6.07) is 7.24. The maximum atomic E-state index is 11.7. The Morgan fingerprint density at radius 3 is 2.11 bits per heavy atom. The van der Waals surface area contributed by atoms with Crippen molar-refractivity contribution in [1.29, 1.82) is 0 Å². The maximum Gasteiger partial charge on any atom is 0.329 e. The van der Waals surface area contributed by atoms with Crippen LogP contribution < -0.4 is 5.32 Å². The van der Waals surface area contributed by atoms with Gasteiger partial charge in [-0.3, -0.25) is 0 Å². The zero-order valence-corrected chi connectivity index (χ0v) is 11.7. The van der Waals surface area contributed by atoms with Crippen molar-refractivity contribution < 1.29 is 9.90 Å². The Balaban J connectivity index is 2.17. The molecule has 0 heterocycles. The highest BCUT2D eigenvalue weighted by Crippen LogP contribution is 2.30. The number of benzene rings is 1. The van der Waals surface area contributed by atoms with Crippen molar-refractivity contribution in [2.24, 2.45) is 0 Å². The molecule has 0 bridgehead atoms. The predicted molar refractivity (Wildman–Crippen MR) is 77.8 cm³/mol. The molecule has 0 atom stereocenters. The molecule has 0 radical (unpaired) electrons. The van der Waals surface area contributed by atoms with Crippen LogP contribution in [0.15, 0.2) is 24.3 Å². The minimum absolute atomic E-state index is 0.660. The smallest absolute Gasteiger partial charge is 0.329 e. The van der Waals surface area contributed by atoms with E-state index in [0.717, 1.165) is 31.4 Å². The molecule has 0 spiro atoms. The van der Waals surface area contributed by atoms with Gasteiger partial charge in [-0.05, 0) is 37.1 Å². The lowest BCUT2D eigenvalue weighted by Crippen LogP contribution is -2.46. The number of hydrogen-bond acceptors (Lipinski definition) is 2. The van der Waals surface area contributed by atoms with Crippen molar-refractivity contribution in [3.63, 3.8) is 0 Å². The third-order valence-electron chi connectivity index (χ3n) is 3.84. The Hall–Kier alpha value is -1.22. The number of carboxylic acid groups (broad SMARTS) is 1. The van der Waals surface area contributed by atoms with E-state index in [2.05, 4.69) is 5.32 Å². The monoisotopic (exact) mass is 281 g/mol. The molecule has 1 aromatic rings. The lowest BCUT2D eigenvalue weighted by atomic mass is 9.83. The van der Waals surface area contributed by atoms with Crippen molar-refractivity contribution in [2.75, 3.05) is 5.32 Å². The fourth-order valence-corrected chi connectivity index (χ4v) is 2.84. The van der Waals surface area contributed by atoms with E-state index in [4.69, 9.17) is 11.6 Å². The fraction of sp³-hybridized carbons (Fsp3) is 0.533. The molecule has 2 N–H and O–H groups in total. The van der Waals surface area contributed by atoms with Gasteiger partial charge in [-0.1, -0.05) is 43.7 Å². The van der Waals surface area contributed by atoms with E-state index in [0.29, 0.717) is 17.9 Å². The van der Waals surface area contributed by atoms with E-state index in [1.54, 1.807) is 12.1 Å². The first-order valence-electron chi connectivity index (χ1n) is 6.90. The van der Waals surface area contributed by atoms with Crippen molar-refractivity contribution >= 4 is 23.3 Å². The molecule has 0 saturated heterocycles. The van der Waals surface area contributed by atoms with E-state index < -0.39 is 11.5 Å². The summed E-state index contributed by atoms with van der Waals surface area (Å²) < 4.78 is 0. The lowest BCUT2D eigenvalue weighted by Gasteiger charge is -2.33. The van der Waals surface area contributed by atoms with Crippen LogP contribution in [0.3, 0.4) is 0 Å². The standard InChI is InChI=1S/C15H20ClNO2/c16-12-6-8-13(9-7-12)17-15(14(18)19)10-4-2-1-3-5-11-15/h6-9,17H,1-5,10-11H2,(H,18,19). The normalized spacial score (nSPS) is 19.2. The topological polar surface area (TPSA) is 49.3 Å². The summed E-state index contributed by atoms with van der Waals surface area (Å²) in [5, 5.41) is 13.5. The summed E-state index contributed by atoms with van der Waals surface area (Å²) in [7, 11) is 0. The van der Waals surface area contributed by atoms with Crippen molar-refractivity contribution in [3.05, 3.63) is 29.3 Å². The van der Waals surface area contributed by atoms with Crippen molar-refractivity contribution in [2.45, 2.75) is 50.5 Å². The van der Waals surface area contributed by atoms with Crippen molar-refractivity contribution in [3.8, 4) is 0 Å². The van der Waals surface area contributed by atoms with Gasteiger partial charge in [0.25, 0.3) is 0 Å². The Morgan fingerprint density at radius 1 is 1.05 bits per heavy atom. The average molecular weight is 282 g/mol. The maximum absolute atomic E-state index is 11.7. The molecular formula is C15H20ClNO2. The quantitative estimate of drug-likeness (QED) is 0.867. The highest BCUT2D eigenvalue weighted by atomic mass is 35.5. The van der Waals surface area contributed by atoms with Gasteiger partial charge in [-0.2, -0.15) is 0 Å². The van der Waals surface area contributed by atoms with E-state index in [1.807, 2.05) is 12.1 Å². The van der Waals surface area contributed by atoms with Crippen molar-refractivity contribution in [1.82, 2.24) is 0 Å². The molecule has 0 amide bonds. The minimum atomic E-state index is -0.825. The summed E-state index contributed by atoms with van der Waals surface area (Å²) >= 11 is 5.86. The van der Waals surface area contributed by atoms with Gasteiger partial charge in [0.2, 0.25) is 0 Å². The molecule has 1 saturated carbocycles. The molecule has 4 heteroatoms. The summed E-state index contributed by atoms with van der Waals surface area (Å²) in [5.41, 5.74) is 0.00112. The molecule has 0 unspecified atom stereocenters. The van der Waals surface area contributed by atoms with Crippen LogP contribution in [0.5, 0.6) is 0 Å². The second kappa shape index (κ2) is 6.29. The summed E-state index contributed by atoms with van der Waals surface area (Å²) in [5.74, 6) is -0.746. The van der Waals surface area contributed by atoms with Crippen LogP contribution in [0.1, 0.15) is 44.9 Å². The minimum Gasteiger partial charge on any atom is -0.480 e. The van der Waals surface area contributed by atoms with E-state index >= 15 is 0 Å². The molecule has 104 valence electrons. The number of anilines is 1. The van der Waals surface area contributed by atoms with Crippen LogP contribution in [-0.4, -0.2) is 16.6 Å². The first-order chi connectivity index (χ1) is 9.12. The number of carboxylic acids is 1. The molecule has 0 aliphatic heterocycles. The van der Waals surface area contributed by atoms with Gasteiger partial charge >= 0.3 is 5.97 Å². The molecule has 1 fully saturated rings. The van der Waals surface area contributed by atoms with Gasteiger partial charge in [0.05, 0.1) is 0 Å². The van der Waals surface area contributed by atoms with Gasteiger partial charge < -0.3 is 10.4 Å². The zero-order chi connectivity index (χ0) is 13.7. The summed E-state index contributed by atoms with van der Waals surface area (Å²) in [6.45, 7) is 0. The molecule has 1 aliphatic carbocycles. The van der Waals surface area contributed by atoms with Crippen LogP contribution in [0.25, 0.3) is 0 Å². The van der Waals surface area contributed by atoms with Crippen LogP contribution >= 0.6 is 11.6 Å². The van der Waals surface area contributed by atoms with Crippen LogP contribution in [-0.2, 0) is 4.79 Å². The molecular weight excluding hydrogens is 262 g/mol. The number of nitrogens with one attached hydrogen (secondary N) is 1. The first kappa shape index (κ1) is 14.2. The fourth-order valence-electron chi connectivity index (χ4n) is 2.71. The number of aliphatic carboxylic acids is 1. The largest absolute Gasteiger partial charge is 0.480 e. The van der Waals surface area contributed by atoms with Gasteiger partial charge in [-0.15, -0.1) is 0 Å². The predicted octanol–water partition coefficient (Wildman–Crippen LogP) is 4.32. The number of halogens is 1. The highest BCUT2D eigenvalue weighted by molar-refractivity contribution is 6.30. The molecule has 1 aliphatic rings. The molecule has 1 aromatic carbocycles. The third kappa shape index (κ3) is 3.63. The molecule has 2 rings (SSSR count). The SMILES string of the molecule is O=C(O)C1(Nc2ccc(Cl)cc2)CCCCCCC1. The van der Waals surface area contributed by atoms with Gasteiger partial charge in [0.1, 0.15) is 5.54 Å². The second-order valence-electron chi connectivity index (χ2n) is 5.29. The van der Waals surface area contributed by atoms with Crippen LogP contribution in [0.2, 0.25) is 5.02 Å². The van der Waals surface area contributed by atoms with Gasteiger partial charge in [-0.25, -0.2) is 4.79 Å². The zero-order valence-electron chi connectivity index (χ0n) is 11.0. The summed E-state index contributed by atoms with van der Waals surface area (Å²) in [6.07, 6.45) is 6.76. The number of carbonyl (C=O) groups is 1. The Labute approximate surface area is 119 Å². The van der Waals surface area contributed by atoms with E-state index in [9.17, 15) is 9.90 Å².